The molecule has 0 bridgehead atoms. The van der Waals surface area contributed by atoms with Gasteiger partial charge in [-0.2, -0.15) is 0 Å². The summed E-state index contributed by atoms with van der Waals surface area (Å²) in [6, 6.07) is 3.69. The van der Waals surface area contributed by atoms with Crippen LogP contribution in [0.3, 0.4) is 0 Å². The third-order valence-electron chi connectivity index (χ3n) is 3.10. The van der Waals surface area contributed by atoms with Gasteiger partial charge in [0.15, 0.2) is 0 Å². The van der Waals surface area contributed by atoms with Crippen LogP contribution in [0.5, 0.6) is 0 Å². The minimum Gasteiger partial charge on any atom is -0.480 e. The molecule has 7 heteroatoms. The Balaban J connectivity index is 1.91. The summed E-state index contributed by atoms with van der Waals surface area (Å²) >= 11 is 5.83. The number of aliphatic carboxylic acids is 1. The molecule has 1 aromatic rings. The number of nitrogens with zero attached hydrogens (tertiary/aromatic N) is 3. The highest BCUT2D eigenvalue weighted by atomic mass is 35.5. The van der Waals surface area contributed by atoms with Gasteiger partial charge in [0.2, 0.25) is 0 Å². The van der Waals surface area contributed by atoms with Crippen LogP contribution < -0.4 is 4.90 Å². The van der Waals surface area contributed by atoms with Gasteiger partial charge in [0.1, 0.15) is 5.82 Å². The van der Waals surface area contributed by atoms with Gasteiger partial charge in [-0.25, -0.2) is 4.98 Å². The Bertz CT molecular complexity index is 455. The second kappa shape index (κ2) is 6.88. The van der Waals surface area contributed by atoms with Crippen LogP contribution in [0.4, 0.5) is 5.82 Å². The summed E-state index contributed by atoms with van der Waals surface area (Å²) in [5.74, 6) is 0.0307. The molecule has 1 saturated heterocycles. The molecule has 1 aliphatic rings. The lowest BCUT2D eigenvalue weighted by Crippen LogP contribution is -2.48. The molecule has 1 aliphatic heterocycles. The second-order valence-electron chi connectivity index (χ2n) is 4.86. The maximum atomic E-state index is 10.7. The lowest BCUT2D eigenvalue weighted by atomic mass is 10.2. The van der Waals surface area contributed by atoms with Crippen molar-refractivity contribution in [2.24, 2.45) is 0 Å². The van der Waals surface area contributed by atoms with Crippen LogP contribution in [0, 0.1) is 0 Å². The maximum absolute atomic E-state index is 10.7. The molecule has 0 saturated carbocycles. The van der Waals surface area contributed by atoms with Crippen molar-refractivity contribution in [2.75, 3.05) is 44.7 Å². The van der Waals surface area contributed by atoms with Crippen molar-refractivity contribution in [3.63, 3.8) is 0 Å². The highest BCUT2D eigenvalue weighted by Gasteiger charge is 2.23. The number of carbonyl (C=O) groups is 1. The van der Waals surface area contributed by atoms with Crippen LogP contribution in [-0.4, -0.2) is 66.9 Å². The van der Waals surface area contributed by atoms with E-state index in [1.54, 1.807) is 18.1 Å². The van der Waals surface area contributed by atoms with Crippen LogP contribution in [0.25, 0.3) is 0 Å². The van der Waals surface area contributed by atoms with E-state index < -0.39 is 5.97 Å². The predicted octanol–water partition coefficient (Wildman–Crippen LogP) is 0.957. The van der Waals surface area contributed by atoms with Crippen LogP contribution in [0.15, 0.2) is 18.3 Å². The Labute approximate surface area is 122 Å². The number of morpholine rings is 1. The first-order valence-electron chi connectivity index (χ1n) is 6.43. The number of halogens is 1. The van der Waals surface area contributed by atoms with Crippen molar-refractivity contribution in [1.29, 1.82) is 0 Å². The molecule has 6 nitrogen and oxygen atoms in total. The Hall–Kier alpha value is -1.37. The van der Waals surface area contributed by atoms with Gasteiger partial charge in [-0.05, 0) is 19.2 Å². The third kappa shape index (κ3) is 4.33. The molecule has 2 heterocycles. The number of hydrogen-bond donors (Lipinski definition) is 1. The minimum atomic E-state index is -0.834. The molecule has 20 heavy (non-hydrogen) atoms. The number of aromatic nitrogens is 1. The van der Waals surface area contributed by atoms with Crippen molar-refractivity contribution in [1.82, 2.24) is 9.88 Å². The SMILES string of the molecule is CN(CC(=O)O)CC1CN(c2ccc(Cl)cn2)CCO1. The average Bonchev–Trinajstić information content (AvgIpc) is 2.38. The molecule has 1 atom stereocenters. The van der Waals surface area contributed by atoms with Gasteiger partial charge >= 0.3 is 5.97 Å². The normalized spacial score (nSPS) is 19.4. The molecule has 1 aromatic heterocycles. The zero-order chi connectivity index (χ0) is 14.5. The molecular formula is C13H18ClN3O3. The Morgan fingerprint density at radius 1 is 1.65 bits per heavy atom. The van der Waals surface area contributed by atoms with E-state index in [1.807, 2.05) is 12.1 Å². The number of anilines is 1. The summed E-state index contributed by atoms with van der Waals surface area (Å²) in [5, 5.41) is 9.36. The summed E-state index contributed by atoms with van der Waals surface area (Å²) in [7, 11) is 1.77. The lowest BCUT2D eigenvalue weighted by Gasteiger charge is -2.35. The van der Waals surface area contributed by atoms with E-state index >= 15 is 0 Å². The predicted molar refractivity (Wildman–Crippen MR) is 76.3 cm³/mol. The van der Waals surface area contributed by atoms with Gasteiger partial charge in [-0.1, -0.05) is 11.6 Å². The zero-order valence-electron chi connectivity index (χ0n) is 11.3. The van der Waals surface area contributed by atoms with Gasteiger partial charge in [0.05, 0.1) is 24.3 Å². The van der Waals surface area contributed by atoms with Crippen LogP contribution >= 0.6 is 11.6 Å². The van der Waals surface area contributed by atoms with E-state index in [0.29, 0.717) is 24.7 Å². The molecule has 0 aliphatic carbocycles. The van der Waals surface area contributed by atoms with Crippen LogP contribution in [0.1, 0.15) is 0 Å². The average molecular weight is 300 g/mol. The number of rotatable bonds is 5. The summed E-state index contributed by atoms with van der Waals surface area (Å²) in [5.41, 5.74) is 0. The summed E-state index contributed by atoms with van der Waals surface area (Å²) in [4.78, 5) is 18.8. The maximum Gasteiger partial charge on any atom is 0.317 e. The third-order valence-corrected chi connectivity index (χ3v) is 3.32. The Morgan fingerprint density at radius 3 is 3.10 bits per heavy atom. The first kappa shape index (κ1) is 15.0. The van der Waals surface area contributed by atoms with Gasteiger partial charge in [0, 0.05) is 25.8 Å². The van der Waals surface area contributed by atoms with Crippen molar-refractivity contribution >= 4 is 23.4 Å². The van der Waals surface area contributed by atoms with E-state index in [2.05, 4.69) is 9.88 Å². The zero-order valence-corrected chi connectivity index (χ0v) is 12.1. The summed E-state index contributed by atoms with van der Waals surface area (Å²) in [6.45, 7) is 2.66. The van der Waals surface area contributed by atoms with E-state index in [1.165, 1.54) is 0 Å². The molecule has 0 spiro atoms. The van der Waals surface area contributed by atoms with Crippen LogP contribution in [-0.2, 0) is 9.53 Å². The van der Waals surface area contributed by atoms with Gasteiger partial charge in [-0.3, -0.25) is 9.69 Å². The number of carboxylic acids is 1. The molecule has 1 N–H and O–H groups in total. The quantitative estimate of drug-likeness (QED) is 0.873. The van der Waals surface area contributed by atoms with Crippen molar-refractivity contribution in [3.8, 4) is 0 Å². The van der Waals surface area contributed by atoms with E-state index in [-0.39, 0.29) is 12.6 Å². The van der Waals surface area contributed by atoms with Crippen LogP contribution in [0.2, 0.25) is 5.02 Å². The molecular weight excluding hydrogens is 282 g/mol. The topological polar surface area (TPSA) is 65.9 Å². The standard InChI is InChI=1S/C13H18ClN3O3/c1-16(9-13(18)19)7-11-8-17(4-5-20-11)12-3-2-10(14)6-15-12/h2-3,6,11H,4-5,7-9H2,1H3,(H,18,19). The highest BCUT2D eigenvalue weighted by Crippen LogP contribution is 2.17. The number of ether oxygens (including phenoxy) is 1. The first-order valence-corrected chi connectivity index (χ1v) is 6.81. The number of hydrogen-bond acceptors (Lipinski definition) is 5. The fourth-order valence-electron chi connectivity index (χ4n) is 2.24. The molecule has 1 fully saturated rings. The highest BCUT2D eigenvalue weighted by molar-refractivity contribution is 6.30. The smallest absolute Gasteiger partial charge is 0.317 e. The fourth-order valence-corrected chi connectivity index (χ4v) is 2.35. The largest absolute Gasteiger partial charge is 0.480 e. The van der Waals surface area contributed by atoms with Gasteiger partial charge in [-0.15, -0.1) is 0 Å². The Kier molecular flexibility index (Phi) is 5.17. The molecule has 110 valence electrons. The molecule has 1 unspecified atom stereocenters. The number of pyridine rings is 1. The van der Waals surface area contributed by atoms with Gasteiger partial charge < -0.3 is 14.7 Å². The second-order valence-corrected chi connectivity index (χ2v) is 5.30. The van der Waals surface area contributed by atoms with Crippen molar-refractivity contribution in [2.45, 2.75) is 6.10 Å². The minimum absolute atomic E-state index is 0.0130. The lowest BCUT2D eigenvalue weighted by molar-refractivity contribution is -0.138. The Morgan fingerprint density at radius 2 is 2.45 bits per heavy atom. The van der Waals surface area contributed by atoms with E-state index in [4.69, 9.17) is 21.4 Å². The van der Waals surface area contributed by atoms with Crippen molar-refractivity contribution < 1.29 is 14.6 Å². The summed E-state index contributed by atoms with van der Waals surface area (Å²) < 4.78 is 5.68. The molecule has 0 aromatic carbocycles. The molecule has 0 amide bonds. The van der Waals surface area contributed by atoms with Gasteiger partial charge in [0.25, 0.3) is 0 Å². The number of carboxylic acid groups (broad SMARTS) is 1. The first-order chi connectivity index (χ1) is 9.54. The number of likely N-dealkylation sites (N-methyl/N-ethyl adjacent to an activating group) is 1. The summed E-state index contributed by atoms with van der Waals surface area (Å²) in [6.07, 6.45) is 1.60. The van der Waals surface area contributed by atoms with E-state index in [9.17, 15) is 4.79 Å². The fraction of sp³-hybridized carbons (Fsp3) is 0.538. The monoisotopic (exact) mass is 299 g/mol. The van der Waals surface area contributed by atoms with Crippen molar-refractivity contribution in [3.05, 3.63) is 23.4 Å². The molecule has 0 radical (unpaired) electrons. The van der Waals surface area contributed by atoms with E-state index in [0.717, 1.165) is 12.4 Å². The molecule has 2 rings (SSSR count).